The van der Waals surface area contributed by atoms with Crippen LogP contribution in [0.5, 0.6) is 0 Å². The van der Waals surface area contributed by atoms with E-state index in [1.54, 1.807) is 0 Å². The van der Waals surface area contributed by atoms with E-state index in [1.807, 2.05) is 29.7 Å². The van der Waals surface area contributed by atoms with E-state index < -0.39 is 0 Å². The number of aromatic nitrogens is 2. The number of rotatable bonds is 2. The summed E-state index contributed by atoms with van der Waals surface area (Å²) in [5.41, 5.74) is 8.65. The number of fused-ring (bicyclic) bond motifs is 1. The lowest BCUT2D eigenvalue weighted by molar-refractivity contribution is 0.729. The van der Waals surface area contributed by atoms with E-state index in [2.05, 4.69) is 11.9 Å². The van der Waals surface area contributed by atoms with E-state index in [9.17, 15) is 0 Å². The van der Waals surface area contributed by atoms with Gasteiger partial charge in [0, 0.05) is 24.4 Å². The monoisotopic (exact) mass is 223 g/mol. The van der Waals surface area contributed by atoms with Crippen molar-refractivity contribution in [2.45, 2.75) is 19.8 Å². The number of halogens is 1. The largest absolute Gasteiger partial charge is 0.330 e. The lowest BCUT2D eigenvalue weighted by Crippen LogP contribution is -2.12. The summed E-state index contributed by atoms with van der Waals surface area (Å²) in [5.74, 6) is 0.290. The zero-order valence-electron chi connectivity index (χ0n) is 8.87. The number of hydrogen-bond acceptors (Lipinski definition) is 2. The second-order valence-electron chi connectivity index (χ2n) is 3.77. The molecule has 0 saturated carbocycles. The van der Waals surface area contributed by atoms with Crippen LogP contribution in [0, 0.1) is 6.92 Å². The molecule has 0 spiro atoms. The third kappa shape index (κ3) is 1.62. The summed E-state index contributed by atoms with van der Waals surface area (Å²) in [6, 6.07) is 3.77. The van der Waals surface area contributed by atoms with Gasteiger partial charge in [0.2, 0.25) is 0 Å². The first-order valence-electron chi connectivity index (χ1n) is 4.98. The Morgan fingerprint density at radius 3 is 3.00 bits per heavy atom. The van der Waals surface area contributed by atoms with Gasteiger partial charge in [0.05, 0.1) is 10.7 Å². The fraction of sp³-hybridized carbons (Fsp3) is 0.364. The summed E-state index contributed by atoms with van der Waals surface area (Å²) in [7, 11) is 0. The maximum Gasteiger partial charge on any atom is 0.156 e. The summed E-state index contributed by atoms with van der Waals surface area (Å²) >= 11 is 6.08. The number of aryl methyl sites for hydroxylation is 1. The van der Waals surface area contributed by atoms with Gasteiger partial charge in [-0.25, -0.2) is 4.98 Å². The number of imidazole rings is 1. The van der Waals surface area contributed by atoms with Crippen LogP contribution in [0.3, 0.4) is 0 Å². The van der Waals surface area contributed by atoms with E-state index in [0.717, 1.165) is 17.0 Å². The van der Waals surface area contributed by atoms with E-state index in [1.165, 1.54) is 0 Å². The average molecular weight is 224 g/mol. The highest BCUT2D eigenvalue weighted by molar-refractivity contribution is 6.33. The molecule has 0 aliphatic heterocycles. The Morgan fingerprint density at radius 1 is 1.60 bits per heavy atom. The van der Waals surface area contributed by atoms with Crippen LogP contribution < -0.4 is 5.73 Å². The van der Waals surface area contributed by atoms with Gasteiger partial charge in [0.1, 0.15) is 0 Å². The first-order chi connectivity index (χ1) is 7.15. The molecular formula is C11H14ClN3. The predicted molar refractivity (Wildman–Crippen MR) is 62.4 cm³/mol. The molecule has 80 valence electrons. The fourth-order valence-corrected chi connectivity index (χ4v) is 2.08. The van der Waals surface area contributed by atoms with Gasteiger partial charge >= 0.3 is 0 Å². The van der Waals surface area contributed by atoms with Crippen LogP contribution in [0.2, 0.25) is 5.02 Å². The summed E-state index contributed by atoms with van der Waals surface area (Å²) in [4.78, 5) is 4.46. The maximum absolute atomic E-state index is 6.08. The Kier molecular flexibility index (Phi) is 2.67. The van der Waals surface area contributed by atoms with Crippen LogP contribution in [0.4, 0.5) is 0 Å². The summed E-state index contributed by atoms with van der Waals surface area (Å²) < 4.78 is 2.02. The third-order valence-corrected chi connectivity index (χ3v) is 2.94. The summed E-state index contributed by atoms with van der Waals surface area (Å²) in [5, 5.41) is 0.677. The van der Waals surface area contributed by atoms with Crippen molar-refractivity contribution in [3.8, 4) is 0 Å². The minimum atomic E-state index is 0.290. The Morgan fingerprint density at radius 2 is 2.33 bits per heavy atom. The molecule has 0 aromatic carbocycles. The Hall–Kier alpha value is -1.06. The smallest absolute Gasteiger partial charge is 0.156 e. The molecule has 1 atom stereocenters. The van der Waals surface area contributed by atoms with Crippen molar-refractivity contribution >= 4 is 17.2 Å². The molecule has 15 heavy (non-hydrogen) atoms. The lowest BCUT2D eigenvalue weighted by atomic mass is 10.1. The molecule has 0 aliphatic carbocycles. The van der Waals surface area contributed by atoms with Gasteiger partial charge in [-0.2, -0.15) is 0 Å². The van der Waals surface area contributed by atoms with Crippen LogP contribution in [0.1, 0.15) is 24.2 Å². The maximum atomic E-state index is 6.08. The van der Waals surface area contributed by atoms with Crippen molar-refractivity contribution in [3.63, 3.8) is 0 Å². The molecule has 0 bridgehead atoms. The fourth-order valence-electron chi connectivity index (χ4n) is 1.87. The van der Waals surface area contributed by atoms with Crippen molar-refractivity contribution < 1.29 is 0 Å². The van der Waals surface area contributed by atoms with E-state index >= 15 is 0 Å². The van der Waals surface area contributed by atoms with Crippen molar-refractivity contribution in [1.29, 1.82) is 0 Å². The van der Waals surface area contributed by atoms with Crippen LogP contribution >= 0.6 is 11.6 Å². The highest BCUT2D eigenvalue weighted by Gasteiger charge is 2.15. The number of pyridine rings is 1. The van der Waals surface area contributed by atoms with Crippen LogP contribution in [-0.2, 0) is 0 Å². The van der Waals surface area contributed by atoms with E-state index in [-0.39, 0.29) is 0 Å². The molecule has 0 fully saturated rings. The normalized spacial score (nSPS) is 13.3. The lowest BCUT2D eigenvalue weighted by Gasteiger charge is -2.09. The Labute approximate surface area is 93.9 Å². The van der Waals surface area contributed by atoms with Crippen molar-refractivity contribution in [3.05, 3.63) is 34.7 Å². The summed E-state index contributed by atoms with van der Waals surface area (Å²) in [6.45, 7) is 4.70. The first kappa shape index (κ1) is 10.5. The Bertz CT molecular complexity index is 490. The third-order valence-electron chi connectivity index (χ3n) is 2.64. The van der Waals surface area contributed by atoms with Gasteiger partial charge in [-0.1, -0.05) is 18.5 Å². The minimum Gasteiger partial charge on any atom is -0.330 e. The molecule has 2 heterocycles. The molecule has 0 amide bonds. The van der Waals surface area contributed by atoms with Gasteiger partial charge in [-0.15, -0.1) is 0 Å². The van der Waals surface area contributed by atoms with Gasteiger partial charge in [0.25, 0.3) is 0 Å². The molecule has 2 N–H and O–H groups in total. The standard InChI is InChI=1S/C11H14ClN3/c1-7(6-13)10-8(2)14-11-9(12)4-3-5-15(10)11/h3-5,7H,6,13H2,1-2H3. The molecule has 2 aromatic rings. The van der Waals surface area contributed by atoms with E-state index in [0.29, 0.717) is 17.5 Å². The van der Waals surface area contributed by atoms with Crippen LogP contribution in [0.25, 0.3) is 5.65 Å². The second-order valence-corrected chi connectivity index (χ2v) is 4.18. The second kappa shape index (κ2) is 3.83. The topological polar surface area (TPSA) is 43.3 Å². The molecule has 3 nitrogen and oxygen atoms in total. The average Bonchev–Trinajstić information content (AvgIpc) is 2.55. The van der Waals surface area contributed by atoms with Crippen LogP contribution in [-0.4, -0.2) is 15.9 Å². The summed E-state index contributed by atoms with van der Waals surface area (Å²) in [6.07, 6.45) is 1.97. The highest BCUT2D eigenvalue weighted by atomic mass is 35.5. The molecule has 0 saturated heterocycles. The van der Waals surface area contributed by atoms with Crippen LogP contribution in [0.15, 0.2) is 18.3 Å². The molecular weight excluding hydrogens is 210 g/mol. The SMILES string of the molecule is Cc1nc2c(Cl)cccn2c1C(C)CN. The number of nitrogens with two attached hydrogens (primary N) is 1. The number of hydrogen-bond donors (Lipinski definition) is 1. The highest BCUT2D eigenvalue weighted by Crippen LogP contribution is 2.24. The van der Waals surface area contributed by atoms with Gasteiger partial charge in [-0.05, 0) is 19.1 Å². The molecule has 2 rings (SSSR count). The molecule has 2 aromatic heterocycles. The van der Waals surface area contributed by atoms with Gasteiger partial charge in [0.15, 0.2) is 5.65 Å². The predicted octanol–water partition coefficient (Wildman–Crippen LogP) is 2.36. The minimum absolute atomic E-state index is 0.290. The molecule has 0 radical (unpaired) electrons. The zero-order chi connectivity index (χ0) is 11.0. The van der Waals surface area contributed by atoms with Crippen molar-refractivity contribution in [2.75, 3.05) is 6.54 Å². The van der Waals surface area contributed by atoms with E-state index in [4.69, 9.17) is 17.3 Å². The Balaban J connectivity index is 2.73. The molecule has 4 heteroatoms. The molecule has 1 unspecified atom stereocenters. The quantitative estimate of drug-likeness (QED) is 0.850. The van der Waals surface area contributed by atoms with Gasteiger partial charge in [-0.3, -0.25) is 0 Å². The zero-order valence-corrected chi connectivity index (χ0v) is 9.62. The first-order valence-corrected chi connectivity index (χ1v) is 5.36. The molecule has 0 aliphatic rings. The van der Waals surface area contributed by atoms with Gasteiger partial charge < -0.3 is 10.1 Å². The van der Waals surface area contributed by atoms with Crippen molar-refractivity contribution in [2.24, 2.45) is 5.73 Å². The van der Waals surface area contributed by atoms with Crippen molar-refractivity contribution in [1.82, 2.24) is 9.38 Å². The number of nitrogens with zero attached hydrogens (tertiary/aromatic N) is 2.